The molecular weight excluding hydrogens is 393 g/mol. The van der Waals surface area contributed by atoms with Crippen molar-refractivity contribution in [3.63, 3.8) is 0 Å². The smallest absolute Gasteiger partial charge is 0.403 e. The van der Waals surface area contributed by atoms with E-state index in [0.29, 0.717) is 18.3 Å². The van der Waals surface area contributed by atoms with E-state index in [1.807, 2.05) is 20.8 Å². The topological polar surface area (TPSA) is 88.7 Å². The molecule has 1 aliphatic carbocycles. The van der Waals surface area contributed by atoms with E-state index in [4.69, 9.17) is 9.31 Å². The van der Waals surface area contributed by atoms with Crippen molar-refractivity contribution in [3.8, 4) is 0 Å². The first-order valence-corrected chi connectivity index (χ1v) is 11.8. The van der Waals surface area contributed by atoms with Crippen LogP contribution in [0.1, 0.15) is 74.7 Å². The maximum atomic E-state index is 13.6. The lowest BCUT2D eigenvalue weighted by molar-refractivity contribution is -0.136. The molecule has 0 aromatic rings. The summed E-state index contributed by atoms with van der Waals surface area (Å²) in [5.74, 6) is 0.676. The predicted molar refractivity (Wildman–Crippen MR) is 123 cm³/mol. The largest absolute Gasteiger partial charge is 0.457 e. The van der Waals surface area contributed by atoms with Gasteiger partial charge in [-0.2, -0.15) is 0 Å². The first-order chi connectivity index (χ1) is 14.2. The van der Waals surface area contributed by atoms with Crippen LogP contribution in [0.3, 0.4) is 0 Å². The monoisotopic (exact) mass is 435 g/mol. The van der Waals surface area contributed by atoms with Crippen molar-refractivity contribution in [3.05, 3.63) is 0 Å². The third-order valence-corrected chi connectivity index (χ3v) is 7.68. The van der Waals surface area contributed by atoms with Crippen LogP contribution in [0, 0.1) is 17.8 Å². The molecule has 8 heteroatoms. The molecule has 2 unspecified atom stereocenters. The van der Waals surface area contributed by atoms with Crippen molar-refractivity contribution < 1.29 is 18.9 Å². The highest BCUT2D eigenvalue weighted by atomic mass is 16.7. The Kier molecular flexibility index (Phi) is 6.60. The molecule has 3 aliphatic rings. The summed E-state index contributed by atoms with van der Waals surface area (Å²) in [7, 11) is -0.234. The average molecular weight is 435 g/mol. The standard InChI is InChI=1S/C23H42BN3O4/c1-15(28)26-23(19(29)27-20(2,3)4)12-16-13-25-14-17(16)18(23)10-9-11-24-30-21(5,6)22(7,8)31-24/h16-18,25H,9-14H2,1-8H3,(H,26,28)(H,27,29)/t16-,17+,18?,23?/m0/s1. The highest BCUT2D eigenvalue weighted by Gasteiger charge is 2.59. The molecule has 7 nitrogen and oxygen atoms in total. The van der Waals surface area contributed by atoms with Gasteiger partial charge in [-0.1, -0.05) is 6.42 Å². The molecule has 176 valence electrons. The second-order valence-electron chi connectivity index (χ2n) is 11.9. The third kappa shape index (κ3) is 4.96. The number of fused-ring (bicyclic) bond motifs is 1. The van der Waals surface area contributed by atoms with E-state index in [-0.39, 0.29) is 41.6 Å². The van der Waals surface area contributed by atoms with Crippen LogP contribution in [-0.4, -0.2) is 54.3 Å². The van der Waals surface area contributed by atoms with Crippen molar-refractivity contribution in [1.29, 1.82) is 0 Å². The van der Waals surface area contributed by atoms with Crippen LogP contribution in [0.2, 0.25) is 6.32 Å². The zero-order valence-electron chi connectivity index (χ0n) is 20.7. The summed E-state index contributed by atoms with van der Waals surface area (Å²) in [6, 6.07) is 0. The second-order valence-corrected chi connectivity index (χ2v) is 11.9. The van der Waals surface area contributed by atoms with Crippen LogP contribution < -0.4 is 16.0 Å². The van der Waals surface area contributed by atoms with Crippen LogP contribution >= 0.6 is 0 Å². The van der Waals surface area contributed by atoms with Crippen LogP contribution in [0.4, 0.5) is 0 Å². The summed E-state index contributed by atoms with van der Waals surface area (Å²) >= 11 is 0. The molecule has 3 N–H and O–H groups in total. The Morgan fingerprint density at radius 3 is 2.26 bits per heavy atom. The average Bonchev–Trinajstić information content (AvgIpc) is 3.18. The normalized spacial score (nSPS) is 33.9. The van der Waals surface area contributed by atoms with Gasteiger partial charge < -0.3 is 25.3 Å². The van der Waals surface area contributed by atoms with Gasteiger partial charge in [-0.05, 0) is 98.5 Å². The zero-order valence-corrected chi connectivity index (χ0v) is 20.7. The zero-order chi connectivity index (χ0) is 23.2. The maximum absolute atomic E-state index is 13.6. The Morgan fingerprint density at radius 1 is 1.10 bits per heavy atom. The molecule has 0 radical (unpaired) electrons. The first kappa shape index (κ1) is 24.5. The number of carbonyl (C=O) groups excluding carboxylic acids is 2. The molecule has 2 saturated heterocycles. The molecule has 2 heterocycles. The summed E-state index contributed by atoms with van der Waals surface area (Å²) in [6.07, 6.45) is 3.21. The Labute approximate surface area is 188 Å². The maximum Gasteiger partial charge on any atom is 0.457 e. The summed E-state index contributed by atoms with van der Waals surface area (Å²) in [5.41, 5.74) is -1.88. The fourth-order valence-electron chi connectivity index (χ4n) is 5.65. The van der Waals surface area contributed by atoms with Crippen molar-refractivity contribution in [2.24, 2.45) is 17.8 Å². The molecule has 0 aromatic heterocycles. The molecule has 2 amide bonds. The van der Waals surface area contributed by atoms with E-state index in [2.05, 4.69) is 43.6 Å². The number of hydrogen-bond donors (Lipinski definition) is 3. The fourth-order valence-corrected chi connectivity index (χ4v) is 5.65. The first-order valence-electron chi connectivity index (χ1n) is 11.8. The summed E-state index contributed by atoms with van der Waals surface area (Å²) in [6.45, 7) is 17.5. The van der Waals surface area contributed by atoms with Gasteiger partial charge in [0.05, 0.1) is 11.2 Å². The molecule has 4 atom stereocenters. The molecule has 3 fully saturated rings. The Hall–Kier alpha value is -1.12. The van der Waals surface area contributed by atoms with Gasteiger partial charge in [0.15, 0.2) is 0 Å². The molecule has 1 saturated carbocycles. The highest BCUT2D eigenvalue weighted by Crippen LogP contribution is 2.49. The summed E-state index contributed by atoms with van der Waals surface area (Å²) in [4.78, 5) is 25.8. The van der Waals surface area contributed by atoms with E-state index in [0.717, 1.165) is 32.3 Å². The second kappa shape index (κ2) is 8.34. The molecule has 0 aromatic carbocycles. The van der Waals surface area contributed by atoms with Gasteiger partial charge in [0.2, 0.25) is 11.8 Å². The predicted octanol–water partition coefficient (Wildman–Crippen LogP) is 2.50. The van der Waals surface area contributed by atoms with E-state index >= 15 is 0 Å². The van der Waals surface area contributed by atoms with Gasteiger partial charge in [-0.25, -0.2) is 0 Å². The Morgan fingerprint density at radius 2 is 1.71 bits per heavy atom. The molecular formula is C23H42BN3O4. The molecule has 2 aliphatic heterocycles. The minimum absolute atomic E-state index is 0.0507. The van der Waals surface area contributed by atoms with Crippen molar-refractivity contribution in [2.45, 2.75) is 103 Å². The van der Waals surface area contributed by atoms with Gasteiger partial charge >= 0.3 is 7.12 Å². The number of hydrogen-bond acceptors (Lipinski definition) is 5. The SMILES string of the molecule is CC(=O)NC1(C(=O)NC(C)(C)C)C[C@H]2CNC[C@H]2C1CCCB1OC(C)(C)C(C)(C)O1. The van der Waals surface area contributed by atoms with Gasteiger partial charge in [0.1, 0.15) is 5.54 Å². The van der Waals surface area contributed by atoms with Crippen molar-refractivity contribution in [2.75, 3.05) is 13.1 Å². The number of nitrogens with one attached hydrogen (secondary N) is 3. The fraction of sp³-hybridized carbons (Fsp3) is 0.913. The van der Waals surface area contributed by atoms with Gasteiger partial charge in [-0.15, -0.1) is 0 Å². The van der Waals surface area contributed by atoms with Crippen LogP contribution in [0.5, 0.6) is 0 Å². The van der Waals surface area contributed by atoms with Crippen LogP contribution in [0.25, 0.3) is 0 Å². The summed E-state index contributed by atoms with van der Waals surface area (Å²) < 4.78 is 12.3. The van der Waals surface area contributed by atoms with Crippen LogP contribution in [-0.2, 0) is 18.9 Å². The quantitative estimate of drug-likeness (QED) is 0.558. The number of amides is 2. The number of rotatable bonds is 6. The lowest BCUT2D eigenvalue weighted by Gasteiger charge is -2.39. The molecule has 0 bridgehead atoms. The third-order valence-electron chi connectivity index (χ3n) is 7.68. The van der Waals surface area contributed by atoms with E-state index in [1.54, 1.807) is 0 Å². The molecule has 31 heavy (non-hydrogen) atoms. The minimum atomic E-state index is -0.855. The van der Waals surface area contributed by atoms with Crippen LogP contribution in [0.15, 0.2) is 0 Å². The molecule has 3 rings (SSSR count). The Balaban J connectivity index is 1.75. The van der Waals surface area contributed by atoms with E-state index < -0.39 is 5.54 Å². The van der Waals surface area contributed by atoms with E-state index in [9.17, 15) is 9.59 Å². The minimum Gasteiger partial charge on any atom is -0.403 e. The highest BCUT2D eigenvalue weighted by molar-refractivity contribution is 6.45. The number of carbonyl (C=O) groups is 2. The van der Waals surface area contributed by atoms with Crippen molar-refractivity contribution >= 4 is 18.9 Å². The van der Waals surface area contributed by atoms with Gasteiger partial charge in [0, 0.05) is 12.5 Å². The lowest BCUT2D eigenvalue weighted by atomic mass is 9.74. The Bertz CT molecular complexity index is 689. The van der Waals surface area contributed by atoms with Gasteiger partial charge in [-0.3, -0.25) is 9.59 Å². The van der Waals surface area contributed by atoms with Crippen molar-refractivity contribution in [1.82, 2.24) is 16.0 Å². The van der Waals surface area contributed by atoms with E-state index in [1.165, 1.54) is 6.92 Å². The molecule has 0 spiro atoms. The van der Waals surface area contributed by atoms with Gasteiger partial charge in [0.25, 0.3) is 0 Å². The lowest BCUT2D eigenvalue weighted by Crippen LogP contribution is -2.64. The summed E-state index contributed by atoms with van der Waals surface area (Å²) in [5, 5.41) is 9.77.